The molecule has 2 N–H and O–H groups in total. The van der Waals surface area contributed by atoms with Gasteiger partial charge in [0.05, 0.1) is 0 Å². The van der Waals surface area contributed by atoms with E-state index in [1.54, 1.807) is 12.1 Å². The number of phenols is 2. The van der Waals surface area contributed by atoms with Crippen molar-refractivity contribution in [2.45, 2.75) is 0 Å². The Morgan fingerprint density at radius 2 is 1.30 bits per heavy atom. The number of phenolic OH excluding ortho intramolecular Hbond substituents is 2. The largest absolute Gasteiger partial charge is 0.504 e. The molecule has 2 aliphatic rings. The lowest BCUT2D eigenvalue weighted by Crippen LogP contribution is -1.91. The van der Waals surface area contributed by atoms with Gasteiger partial charge in [0.25, 0.3) is 0 Å². The minimum atomic E-state index is 0.0440. The van der Waals surface area contributed by atoms with Gasteiger partial charge in [-0.2, -0.15) is 4.21 Å². The van der Waals surface area contributed by atoms with Crippen molar-refractivity contribution in [3.8, 4) is 22.6 Å². The average molecular weight is 156 g/mol. The van der Waals surface area contributed by atoms with E-state index in [1.807, 2.05) is 0 Å². The monoisotopic (exact) mass is 156 g/mol. The number of rotatable bonds is 0. The highest BCUT2D eigenvalue weighted by molar-refractivity contribution is 7.44. The molecule has 0 fully saturated rings. The molecule has 52 valence electrons. The summed E-state index contributed by atoms with van der Waals surface area (Å²) < 4.78 is 7.83. The molecule has 0 aliphatic heterocycles. The molecule has 0 bridgehead atoms. The maximum absolute atomic E-state index is 8.73. The molecule has 10 heavy (non-hydrogen) atoms. The first-order valence-corrected chi connectivity index (χ1v) is 2.86. The van der Waals surface area contributed by atoms with Gasteiger partial charge in [-0.1, -0.05) is 0 Å². The van der Waals surface area contributed by atoms with E-state index in [2.05, 4.69) is 12.5 Å². The van der Waals surface area contributed by atoms with Crippen LogP contribution in [-0.4, -0.2) is 14.4 Å². The fourth-order valence-electron chi connectivity index (χ4n) is 0.856. The molecule has 0 spiro atoms. The van der Waals surface area contributed by atoms with Gasteiger partial charge >= 0.3 is 0 Å². The second kappa shape index (κ2) is 2.22. The maximum atomic E-state index is 8.73. The molecule has 0 saturated heterocycles. The van der Waals surface area contributed by atoms with Gasteiger partial charge in [-0.3, -0.25) is 0 Å². The van der Waals surface area contributed by atoms with Crippen molar-refractivity contribution in [1.82, 2.24) is 0 Å². The van der Waals surface area contributed by atoms with Crippen molar-refractivity contribution in [3.63, 3.8) is 0 Å². The van der Waals surface area contributed by atoms with Crippen molar-refractivity contribution in [2.24, 2.45) is 0 Å². The summed E-state index contributed by atoms with van der Waals surface area (Å²) in [7, 11) is 0. The number of hydrogen-bond donors (Lipinski definition) is 2. The van der Waals surface area contributed by atoms with Gasteiger partial charge in [0.15, 0.2) is 24.0 Å². The van der Waals surface area contributed by atoms with Crippen LogP contribution < -0.4 is 0 Å². The van der Waals surface area contributed by atoms with E-state index in [0.29, 0.717) is 0 Å². The van der Waals surface area contributed by atoms with Gasteiger partial charge in [-0.25, -0.2) is 0 Å². The Morgan fingerprint density at radius 3 is 1.40 bits per heavy atom. The predicted octanol–water partition coefficient (Wildman–Crippen LogP) is 0.742. The lowest BCUT2D eigenvalue weighted by atomic mass is 9.90. The van der Waals surface area contributed by atoms with Crippen LogP contribution in [0.1, 0.15) is 0 Å². The second-order valence-corrected chi connectivity index (χ2v) is 1.86. The van der Waals surface area contributed by atoms with E-state index in [4.69, 9.17) is 14.4 Å². The third-order valence-electron chi connectivity index (χ3n) is 1.44. The number of benzene rings is 1. The zero-order valence-electron chi connectivity index (χ0n) is 4.87. The molecule has 0 radical (unpaired) electrons. The third kappa shape index (κ3) is 0.593. The highest BCUT2D eigenvalue weighted by atomic mass is 32.1. The predicted molar refractivity (Wildman–Crippen MR) is 36.9 cm³/mol. The van der Waals surface area contributed by atoms with Crippen LogP contribution in [0.25, 0.3) is 11.1 Å². The molecule has 3 nitrogen and oxygen atoms in total. The maximum Gasteiger partial charge on any atom is 0.197 e. The summed E-state index contributed by atoms with van der Waals surface area (Å²) in [5, 5.41) is 17.5. The number of aromatic hydroxyl groups is 2. The van der Waals surface area contributed by atoms with Gasteiger partial charge in [0.2, 0.25) is 0 Å². The van der Waals surface area contributed by atoms with Crippen molar-refractivity contribution in [2.75, 3.05) is 0 Å². The molecular weight excluding hydrogens is 152 g/mol. The van der Waals surface area contributed by atoms with Crippen LogP contribution in [-0.2, 0) is 12.5 Å². The van der Waals surface area contributed by atoms with Gasteiger partial charge in [0.1, 0.15) is 0 Å². The van der Waals surface area contributed by atoms with Gasteiger partial charge in [-0.05, 0) is 12.1 Å². The Morgan fingerprint density at radius 1 is 1.00 bits per heavy atom. The normalized spacial score (nSPS) is 9.60. The molecule has 2 aliphatic carbocycles. The molecular formula is C6H4O3S. The van der Waals surface area contributed by atoms with Crippen molar-refractivity contribution >= 4 is 12.5 Å². The van der Waals surface area contributed by atoms with E-state index in [0.717, 1.165) is 11.1 Å². The van der Waals surface area contributed by atoms with Gasteiger partial charge < -0.3 is 10.2 Å². The molecule has 0 aromatic carbocycles. The SMILES string of the molecule is O=S.Oc1c2ccc-2c1O. The molecule has 0 aromatic heterocycles. The summed E-state index contributed by atoms with van der Waals surface area (Å²) in [6.45, 7) is 0. The average Bonchev–Trinajstić information content (AvgIpc) is 1.91. The molecule has 2 rings (SSSR count). The molecule has 0 heterocycles. The van der Waals surface area contributed by atoms with Crippen LogP contribution in [0.4, 0.5) is 0 Å². The van der Waals surface area contributed by atoms with Crippen LogP contribution in [0.2, 0.25) is 0 Å². The number of fused-ring (bicyclic) bond motifs is 1. The Hall–Kier alpha value is -1.16. The summed E-state index contributed by atoms with van der Waals surface area (Å²) in [6.07, 6.45) is 0. The van der Waals surface area contributed by atoms with Gasteiger partial charge in [-0.15, -0.1) is 0 Å². The molecule has 0 unspecified atom stereocenters. The molecule has 0 aromatic rings. The highest BCUT2D eigenvalue weighted by Crippen LogP contribution is 2.53. The summed E-state index contributed by atoms with van der Waals surface area (Å²) in [5.41, 5.74) is 1.59. The Kier molecular flexibility index (Phi) is 1.55. The summed E-state index contributed by atoms with van der Waals surface area (Å²) in [4.78, 5) is 0. The van der Waals surface area contributed by atoms with Crippen LogP contribution >= 0.6 is 0 Å². The smallest absolute Gasteiger partial charge is 0.197 e. The lowest BCUT2D eigenvalue weighted by Gasteiger charge is -2.18. The van der Waals surface area contributed by atoms with Crippen molar-refractivity contribution in [1.29, 1.82) is 0 Å². The fraction of sp³-hybridized carbons (Fsp3) is 0. The zero-order valence-corrected chi connectivity index (χ0v) is 5.68. The van der Waals surface area contributed by atoms with Crippen LogP contribution in [0.5, 0.6) is 11.5 Å². The van der Waals surface area contributed by atoms with Gasteiger partial charge in [0, 0.05) is 11.1 Å². The van der Waals surface area contributed by atoms with Crippen molar-refractivity contribution < 1.29 is 14.4 Å². The first kappa shape index (κ1) is 6.95. The van der Waals surface area contributed by atoms with E-state index < -0.39 is 0 Å². The minimum absolute atomic E-state index is 0.0440. The molecule has 0 amide bonds. The lowest BCUT2D eigenvalue weighted by molar-refractivity contribution is 0.396. The van der Waals surface area contributed by atoms with E-state index in [1.165, 1.54) is 0 Å². The quantitative estimate of drug-likeness (QED) is 0.552. The topological polar surface area (TPSA) is 57.5 Å². The van der Waals surface area contributed by atoms with Crippen LogP contribution in [0, 0.1) is 0 Å². The Labute approximate surface area is 62.5 Å². The highest BCUT2D eigenvalue weighted by Gasteiger charge is 2.24. The van der Waals surface area contributed by atoms with E-state index in [-0.39, 0.29) is 11.5 Å². The third-order valence-corrected chi connectivity index (χ3v) is 1.44. The van der Waals surface area contributed by atoms with Crippen molar-refractivity contribution in [3.05, 3.63) is 12.1 Å². The number of hydrogen-bond acceptors (Lipinski definition) is 4. The summed E-state index contributed by atoms with van der Waals surface area (Å²) >= 11 is 2.83. The summed E-state index contributed by atoms with van der Waals surface area (Å²) in [5.74, 6) is 0.0880. The van der Waals surface area contributed by atoms with Crippen LogP contribution in [0.3, 0.4) is 0 Å². The van der Waals surface area contributed by atoms with E-state index >= 15 is 0 Å². The van der Waals surface area contributed by atoms with Crippen LogP contribution in [0.15, 0.2) is 12.1 Å². The summed E-state index contributed by atoms with van der Waals surface area (Å²) in [6, 6.07) is 3.54. The molecule has 0 saturated carbocycles. The molecule has 4 heteroatoms. The fourth-order valence-corrected chi connectivity index (χ4v) is 0.856. The Balaban J connectivity index is 0.000000231. The standard InChI is InChI=1S/C6H4O2.OS/c7-5-3-1-2-4(3)6(5)8;1-2/h1-2,7-8H;. The molecule has 0 atom stereocenters. The first-order chi connectivity index (χ1) is 4.80. The first-order valence-electron chi connectivity index (χ1n) is 2.52. The van der Waals surface area contributed by atoms with E-state index in [9.17, 15) is 0 Å². The zero-order chi connectivity index (χ0) is 7.72. The minimum Gasteiger partial charge on any atom is -0.504 e. The Bertz CT molecular complexity index is 245. The second-order valence-electron chi connectivity index (χ2n) is 1.86.